The maximum atomic E-state index is 5.57. The van der Waals surface area contributed by atoms with E-state index in [1.165, 1.54) is 0 Å². The first-order valence-corrected chi connectivity index (χ1v) is 4.64. The third kappa shape index (κ3) is 3.32. The summed E-state index contributed by atoms with van der Waals surface area (Å²) in [6.45, 7) is 3.13. The lowest BCUT2D eigenvalue weighted by Gasteiger charge is -2.16. The van der Waals surface area contributed by atoms with Crippen LogP contribution >= 0.6 is 0 Å². The molecule has 1 aromatic rings. The molecule has 1 atom stereocenters. The second kappa shape index (κ2) is 5.57. The monoisotopic (exact) mass is 195 g/mol. The number of hydrogen-bond acceptors (Lipinski definition) is 4. The van der Waals surface area contributed by atoms with Gasteiger partial charge < -0.3 is 15.8 Å². The summed E-state index contributed by atoms with van der Waals surface area (Å²) >= 11 is 0. The van der Waals surface area contributed by atoms with Crippen LogP contribution in [0.4, 0.5) is 5.82 Å². The largest absolute Gasteiger partial charge is 0.383 e. The van der Waals surface area contributed by atoms with Crippen LogP contribution in [0.5, 0.6) is 0 Å². The molecule has 0 amide bonds. The van der Waals surface area contributed by atoms with E-state index in [0.29, 0.717) is 13.2 Å². The molecule has 0 aliphatic heterocycles. The van der Waals surface area contributed by atoms with Crippen molar-refractivity contribution in [1.29, 1.82) is 0 Å². The van der Waals surface area contributed by atoms with Crippen LogP contribution < -0.4 is 11.1 Å². The van der Waals surface area contributed by atoms with E-state index < -0.39 is 0 Å². The number of pyridine rings is 1. The normalized spacial score (nSPS) is 12.5. The topological polar surface area (TPSA) is 60.2 Å². The molecule has 0 saturated carbocycles. The van der Waals surface area contributed by atoms with Crippen molar-refractivity contribution in [2.45, 2.75) is 13.0 Å². The highest BCUT2D eigenvalue weighted by Crippen LogP contribution is 2.05. The molecule has 0 aliphatic carbocycles. The molecular weight excluding hydrogens is 178 g/mol. The van der Waals surface area contributed by atoms with Crippen molar-refractivity contribution in [2.75, 3.05) is 25.6 Å². The maximum absolute atomic E-state index is 5.57. The zero-order valence-corrected chi connectivity index (χ0v) is 8.66. The predicted octanol–water partition coefficient (Wildman–Crippen LogP) is 0.776. The van der Waals surface area contributed by atoms with Gasteiger partial charge in [-0.1, -0.05) is 6.07 Å². The molecule has 0 aliphatic rings. The Morgan fingerprint density at radius 3 is 2.86 bits per heavy atom. The van der Waals surface area contributed by atoms with E-state index in [-0.39, 0.29) is 6.04 Å². The molecule has 4 nitrogen and oxygen atoms in total. The Morgan fingerprint density at radius 2 is 2.36 bits per heavy atom. The molecule has 0 radical (unpaired) electrons. The Kier molecular flexibility index (Phi) is 4.35. The minimum atomic E-state index is 0.121. The number of aryl methyl sites for hydroxylation is 1. The van der Waals surface area contributed by atoms with Crippen molar-refractivity contribution in [3.63, 3.8) is 0 Å². The molecule has 14 heavy (non-hydrogen) atoms. The Bertz CT molecular complexity index is 261. The lowest BCUT2D eigenvalue weighted by atomic mass is 10.3. The zero-order valence-electron chi connectivity index (χ0n) is 8.66. The van der Waals surface area contributed by atoms with Crippen LogP contribution in [0.2, 0.25) is 0 Å². The second-order valence-corrected chi connectivity index (χ2v) is 3.25. The molecule has 4 heteroatoms. The molecule has 0 bridgehead atoms. The van der Waals surface area contributed by atoms with E-state index in [2.05, 4.69) is 10.3 Å². The minimum absolute atomic E-state index is 0.121. The van der Waals surface area contributed by atoms with E-state index in [1.54, 1.807) is 7.11 Å². The van der Waals surface area contributed by atoms with Gasteiger partial charge in [0.15, 0.2) is 0 Å². The molecule has 0 spiro atoms. The number of rotatable bonds is 5. The van der Waals surface area contributed by atoms with Crippen LogP contribution in [0.25, 0.3) is 0 Å². The summed E-state index contributed by atoms with van der Waals surface area (Å²) in [5.41, 5.74) is 6.71. The standard InChI is InChI=1S/C10H17N3O/c1-8-3-4-10(12-6-8)13-9(5-11)7-14-2/h3-4,6,9H,5,7,11H2,1-2H3,(H,12,13). The molecule has 1 aromatic heterocycles. The van der Waals surface area contributed by atoms with E-state index in [9.17, 15) is 0 Å². The first kappa shape index (κ1) is 10.9. The lowest BCUT2D eigenvalue weighted by Crippen LogP contribution is -2.33. The van der Waals surface area contributed by atoms with E-state index in [4.69, 9.17) is 10.5 Å². The van der Waals surface area contributed by atoms with E-state index >= 15 is 0 Å². The molecular formula is C10H17N3O. The highest BCUT2D eigenvalue weighted by Gasteiger charge is 2.05. The van der Waals surface area contributed by atoms with Crippen molar-refractivity contribution in [2.24, 2.45) is 5.73 Å². The number of anilines is 1. The fourth-order valence-electron chi connectivity index (χ4n) is 1.13. The number of nitrogens with two attached hydrogens (primary N) is 1. The average Bonchev–Trinajstić information content (AvgIpc) is 2.20. The van der Waals surface area contributed by atoms with E-state index in [1.807, 2.05) is 25.3 Å². The van der Waals surface area contributed by atoms with Gasteiger partial charge in [0.2, 0.25) is 0 Å². The Morgan fingerprint density at radius 1 is 1.57 bits per heavy atom. The van der Waals surface area contributed by atoms with Crippen LogP contribution in [0.3, 0.4) is 0 Å². The SMILES string of the molecule is COCC(CN)Nc1ccc(C)cn1. The quantitative estimate of drug-likeness (QED) is 0.728. The third-order valence-corrected chi connectivity index (χ3v) is 1.92. The third-order valence-electron chi connectivity index (χ3n) is 1.92. The summed E-state index contributed by atoms with van der Waals surface area (Å²) in [6.07, 6.45) is 1.82. The van der Waals surface area contributed by atoms with Crippen LogP contribution in [0, 0.1) is 6.92 Å². The van der Waals surface area contributed by atoms with Gasteiger partial charge in [-0.3, -0.25) is 0 Å². The van der Waals surface area contributed by atoms with Crippen LogP contribution in [-0.2, 0) is 4.74 Å². The molecule has 0 fully saturated rings. The second-order valence-electron chi connectivity index (χ2n) is 3.25. The van der Waals surface area contributed by atoms with Crippen molar-refractivity contribution < 1.29 is 4.74 Å². The highest BCUT2D eigenvalue weighted by atomic mass is 16.5. The van der Waals surface area contributed by atoms with Crippen LogP contribution in [0.15, 0.2) is 18.3 Å². The fraction of sp³-hybridized carbons (Fsp3) is 0.500. The molecule has 1 heterocycles. The van der Waals surface area contributed by atoms with Gasteiger partial charge in [-0.15, -0.1) is 0 Å². The van der Waals surface area contributed by atoms with Gasteiger partial charge in [0, 0.05) is 19.9 Å². The van der Waals surface area contributed by atoms with Crippen molar-refractivity contribution >= 4 is 5.82 Å². The van der Waals surface area contributed by atoms with Gasteiger partial charge in [0.25, 0.3) is 0 Å². The fourth-order valence-corrected chi connectivity index (χ4v) is 1.13. The van der Waals surface area contributed by atoms with Crippen molar-refractivity contribution in [1.82, 2.24) is 4.98 Å². The van der Waals surface area contributed by atoms with E-state index in [0.717, 1.165) is 11.4 Å². The first-order valence-electron chi connectivity index (χ1n) is 4.64. The Balaban J connectivity index is 2.53. The smallest absolute Gasteiger partial charge is 0.126 e. The summed E-state index contributed by atoms with van der Waals surface area (Å²) in [5, 5.41) is 3.20. The number of aromatic nitrogens is 1. The van der Waals surface area contributed by atoms with Gasteiger partial charge in [0.05, 0.1) is 12.6 Å². The number of ether oxygens (including phenoxy) is 1. The summed E-state index contributed by atoms with van der Waals surface area (Å²) in [6, 6.07) is 4.07. The molecule has 0 aromatic carbocycles. The lowest BCUT2D eigenvalue weighted by molar-refractivity contribution is 0.187. The Labute approximate surface area is 84.5 Å². The van der Waals surface area contributed by atoms with Gasteiger partial charge in [0.1, 0.15) is 5.82 Å². The molecule has 78 valence electrons. The van der Waals surface area contributed by atoms with Crippen LogP contribution in [-0.4, -0.2) is 31.3 Å². The zero-order chi connectivity index (χ0) is 10.4. The van der Waals surface area contributed by atoms with Gasteiger partial charge in [-0.25, -0.2) is 4.98 Å². The van der Waals surface area contributed by atoms with Gasteiger partial charge >= 0.3 is 0 Å². The summed E-state index contributed by atoms with van der Waals surface area (Å²) < 4.78 is 5.02. The maximum Gasteiger partial charge on any atom is 0.126 e. The van der Waals surface area contributed by atoms with Crippen molar-refractivity contribution in [3.05, 3.63) is 23.9 Å². The molecule has 3 N–H and O–H groups in total. The number of nitrogens with one attached hydrogen (secondary N) is 1. The molecule has 1 unspecified atom stereocenters. The van der Waals surface area contributed by atoms with Crippen molar-refractivity contribution in [3.8, 4) is 0 Å². The van der Waals surface area contributed by atoms with Gasteiger partial charge in [-0.05, 0) is 18.6 Å². The summed E-state index contributed by atoms with van der Waals surface area (Å²) in [5.74, 6) is 0.836. The molecule has 1 rings (SSSR count). The summed E-state index contributed by atoms with van der Waals surface area (Å²) in [7, 11) is 1.66. The number of hydrogen-bond donors (Lipinski definition) is 2. The number of methoxy groups -OCH3 is 1. The average molecular weight is 195 g/mol. The first-order chi connectivity index (χ1) is 6.76. The predicted molar refractivity (Wildman–Crippen MR) is 57.3 cm³/mol. The minimum Gasteiger partial charge on any atom is -0.383 e. The number of nitrogens with zero attached hydrogens (tertiary/aromatic N) is 1. The highest BCUT2D eigenvalue weighted by molar-refractivity contribution is 5.36. The molecule has 0 saturated heterocycles. The summed E-state index contributed by atoms with van der Waals surface area (Å²) in [4.78, 5) is 4.23. The van der Waals surface area contributed by atoms with Gasteiger partial charge in [-0.2, -0.15) is 0 Å². The Hall–Kier alpha value is -1.13. The van der Waals surface area contributed by atoms with Crippen LogP contribution in [0.1, 0.15) is 5.56 Å².